The number of hydrogen-bond acceptors (Lipinski definition) is 6. The van der Waals surface area contributed by atoms with Crippen molar-refractivity contribution in [2.24, 2.45) is 13.0 Å². The van der Waals surface area contributed by atoms with Crippen molar-refractivity contribution in [1.29, 1.82) is 0 Å². The standard InChI is InChI=1S/C19H23N7OS/c1-4-28-19-23-18-21-12(2)15(17(27)22-14-8-6-5-7-9-14)16(26(18)24-19)13-10-20-25(3)11-13/h5-12,15-16H,4H2,1-3H3,(H,22,27)(H,21,23,24)/t12-,15-,16+/m0/s1. The lowest BCUT2D eigenvalue weighted by atomic mass is 9.86. The number of rotatable bonds is 5. The number of fused-ring (bicyclic) bond motifs is 1. The highest BCUT2D eigenvalue weighted by atomic mass is 32.2. The average Bonchev–Trinajstić information content (AvgIpc) is 3.27. The predicted molar refractivity (Wildman–Crippen MR) is 109 cm³/mol. The van der Waals surface area contributed by atoms with Crippen LogP contribution in [-0.4, -0.2) is 42.2 Å². The fourth-order valence-corrected chi connectivity index (χ4v) is 4.12. The van der Waals surface area contributed by atoms with Crippen LogP contribution in [0.1, 0.15) is 25.5 Å². The third kappa shape index (κ3) is 3.49. The zero-order chi connectivity index (χ0) is 19.7. The van der Waals surface area contributed by atoms with Crippen LogP contribution in [0.15, 0.2) is 47.9 Å². The maximum absolute atomic E-state index is 13.3. The molecule has 0 fully saturated rings. The first-order chi connectivity index (χ1) is 13.6. The van der Waals surface area contributed by atoms with Crippen LogP contribution in [0.25, 0.3) is 0 Å². The molecule has 28 heavy (non-hydrogen) atoms. The molecule has 0 saturated carbocycles. The number of carbonyl (C=O) groups excluding carboxylic acids is 1. The second-order valence-electron chi connectivity index (χ2n) is 6.80. The van der Waals surface area contributed by atoms with E-state index in [0.717, 1.165) is 17.0 Å². The van der Waals surface area contributed by atoms with Gasteiger partial charge in [0.25, 0.3) is 0 Å². The van der Waals surface area contributed by atoms with E-state index in [2.05, 4.69) is 32.7 Å². The summed E-state index contributed by atoms with van der Waals surface area (Å²) in [5, 5.41) is 16.1. The molecule has 0 unspecified atom stereocenters. The Morgan fingerprint density at radius 2 is 2.11 bits per heavy atom. The molecule has 3 atom stereocenters. The van der Waals surface area contributed by atoms with Crippen LogP contribution in [0.5, 0.6) is 0 Å². The fraction of sp³-hybridized carbons (Fsp3) is 0.368. The molecule has 8 nitrogen and oxygen atoms in total. The first-order valence-corrected chi connectivity index (χ1v) is 10.3. The Morgan fingerprint density at radius 1 is 1.32 bits per heavy atom. The lowest BCUT2D eigenvalue weighted by molar-refractivity contribution is -0.121. The molecule has 0 saturated heterocycles. The van der Waals surface area contributed by atoms with Gasteiger partial charge in [0.2, 0.25) is 17.0 Å². The second kappa shape index (κ2) is 7.67. The summed E-state index contributed by atoms with van der Waals surface area (Å²) in [5.74, 6) is 1.12. The molecule has 1 aliphatic heterocycles. The minimum absolute atomic E-state index is 0.0640. The fourth-order valence-electron chi connectivity index (χ4n) is 3.56. The van der Waals surface area contributed by atoms with E-state index in [-0.39, 0.29) is 23.9 Å². The summed E-state index contributed by atoms with van der Waals surface area (Å²) in [5.41, 5.74) is 1.71. The molecule has 1 aromatic carbocycles. The Kier molecular flexibility index (Phi) is 5.08. The molecule has 2 aromatic heterocycles. The zero-order valence-corrected chi connectivity index (χ0v) is 16.8. The molecule has 1 aliphatic rings. The van der Waals surface area contributed by atoms with Crippen molar-refractivity contribution in [1.82, 2.24) is 24.5 Å². The Hall–Kier alpha value is -2.81. The summed E-state index contributed by atoms with van der Waals surface area (Å²) in [6.07, 6.45) is 3.73. The number of benzene rings is 1. The number of hydrogen-bond donors (Lipinski definition) is 2. The Morgan fingerprint density at radius 3 is 2.79 bits per heavy atom. The van der Waals surface area contributed by atoms with Gasteiger partial charge in [-0.05, 0) is 24.8 Å². The average molecular weight is 398 g/mol. The summed E-state index contributed by atoms with van der Waals surface area (Å²) >= 11 is 1.58. The van der Waals surface area contributed by atoms with Gasteiger partial charge in [-0.1, -0.05) is 36.9 Å². The molecule has 4 rings (SSSR count). The van der Waals surface area contributed by atoms with Gasteiger partial charge in [-0.25, -0.2) is 4.68 Å². The molecule has 1 amide bonds. The minimum atomic E-state index is -0.377. The van der Waals surface area contributed by atoms with Gasteiger partial charge < -0.3 is 10.6 Å². The largest absolute Gasteiger partial charge is 0.351 e. The van der Waals surface area contributed by atoms with Crippen LogP contribution in [0.2, 0.25) is 0 Å². The molecule has 0 aliphatic carbocycles. The van der Waals surface area contributed by atoms with Gasteiger partial charge in [0.05, 0.1) is 18.2 Å². The van der Waals surface area contributed by atoms with Gasteiger partial charge in [-0.2, -0.15) is 10.1 Å². The van der Waals surface area contributed by atoms with Gasteiger partial charge >= 0.3 is 0 Å². The second-order valence-corrected chi connectivity index (χ2v) is 8.03. The lowest BCUT2D eigenvalue weighted by Gasteiger charge is -2.36. The van der Waals surface area contributed by atoms with Gasteiger partial charge in [0.1, 0.15) is 0 Å². The summed E-state index contributed by atoms with van der Waals surface area (Å²) in [6, 6.07) is 9.09. The van der Waals surface area contributed by atoms with E-state index >= 15 is 0 Å². The van der Waals surface area contributed by atoms with E-state index in [4.69, 9.17) is 0 Å². The van der Waals surface area contributed by atoms with Crippen molar-refractivity contribution >= 4 is 29.3 Å². The van der Waals surface area contributed by atoms with Gasteiger partial charge in [0, 0.05) is 30.5 Å². The molecule has 3 heterocycles. The van der Waals surface area contributed by atoms with Crippen molar-refractivity contribution in [2.45, 2.75) is 31.1 Å². The minimum Gasteiger partial charge on any atom is -0.351 e. The topological polar surface area (TPSA) is 89.7 Å². The third-order valence-corrected chi connectivity index (χ3v) is 5.51. The van der Waals surface area contributed by atoms with E-state index < -0.39 is 0 Å². The number of aryl methyl sites for hydroxylation is 1. The third-order valence-electron chi connectivity index (χ3n) is 4.79. The number of para-hydroxylation sites is 1. The predicted octanol–water partition coefficient (Wildman–Crippen LogP) is 2.78. The van der Waals surface area contributed by atoms with Crippen molar-refractivity contribution in [2.75, 3.05) is 16.4 Å². The number of aromatic nitrogens is 5. The molecule has 0 radical (unpaired) electrons. The molecule has 3 aromatic rings. The van der Waals surface area contributed by atoms with Crippen LogP contribution in [0.4, 0.5) is 11.6 Å². The van der Waals surface area contributed by atoms with Crippen molar-refractivity contribution in [3.63, 3.8) is 0 Å². The molecular formula is C19H23N7OS. The van der Waals surface area contributed by atoms with Gasteiger partial charge in [-0.3, -0.25) is 9.48 Å². The van der Waals surface area contributed by atoms with E-state index in [9.17, 15) is 4.79 Å². The number of nitrogens with zero attached hydrogens (tertiary/aromatic N) is 5. The van der Waals surface area contributed by atoms with Crippen LogP contribution in [0.3, 0.4) is 0 Å². The van der Waals surface area contributed by atoms with Gasteiger partial charge in [-0.15, -0.1) is 5.10 Å². The molecule has 0 bridgehead atoms. The summed E-state index contributed by atoms with van der Waals surface area (Å²) in [7, 11) is 1.87. The zero-order valence-electron chi connectivity index (χ0n) is 16.0. The van der Waals surface area contributed by atoms with Crippen LogP contribution in [0, 0.1) is 5.92 Å². The summed E-state index contributed by atoms with van der Waals surface area (Å²) in [6.45, 7) is 4.07. The quantitative estimate of drug-likeness (QED) is 0.644. The normalized spacial score (nSPS) is 21.0. The Bertz CT molecular complexity index is 968. The van der Waals surface area contributed by atoms with Crippen molar-refractivity contribution < 1.29 is 4.79 Å². The number of carbonyl (C=O) groups is 1. The lowest BCUT2D eigenvalue weighted by Crippen LogP contribution is -2.46. The van der Waals surface area contributed by atoms with Crippen LogP contribution < -0.4 is 10.6 Å². The van der Waals surface area contributed by atoms with E-state index in [1.165, 1.54) is 0 Å². The molecule has 0 spiro atoms. The summed E-state index contributed by atoms with van der Waals surface area (Å²) in [4.78, 5) is 17.9. The van der Waals surface area contributed by atoms with E-state index in [1.54, 1.807) is 22.6 Å². The Labute approximate surface area is 167 Å². The number of thioether (sulfide) groups is 1. The maximum Gasteiger partial charge on any atom is 0.232 e. The molecule has 146 valence electrons. The number of amides is 1. The monoisotopic (exact) mass is 397 g/mol. The summed E-state index contributed by atoms with van der Waals surface area (Å²) < 4.78 is 3.57. The highest BCUT2D eigenvalue weighted by Crippen LogP contribution is 2.37. The highest BCUT2D eigenvalue weighted by Gasteiger charge is 2.42. The van der Waals surface area contributed by atoms with Gasteiger partial charge in [0.15, 0.2) is 0 Å². The molecule has 2 N–H and O–H groups in total. The van der Waals surface area contributed by atoms with Crippen molar-refractivity contribution in [3.8, 4) is 0 Å². The Balaban J connectivity index is 1.73. The highest BCUT2D eigenvalue weighted by molar-refractivity contribution is 7.99. The first kappa shape index (κ1) is 18.5. The van der Waals surface area contributed by atoms with E-state index in [0.29, 0.717) is 11.1 Å². The van der Waals surface area contributed by atoms with Crippen LogP contribution in [-0.2, 0) is 11.8 Å². The van der Waals surface area contributed by atoms with E-state index in [1.807, 2.05) is 55.2 Å². The number of anilines is 2. The van der Waals surface area contributed by atoms with Crippen LogP contribution >= 0.6 is 11.8 Å². The number of nitrogens with one attached hydrogen (secondary N) is 2. The SMILES string of the molecule is CCSc1nc2n(n1)[C@H](c1cnn(C)c1)[C@@H](C(=O)Nc1ccccc1)[C@H](C)N2. The van der Waals surface area contributed by atoms with Crippen molar-refractivity contribution in [3.05, 3.63) is 48.3 Å². The molecule has 9 heteroatoms. The first-order valence-electron chi connectivity index (χ1n) is 9.27. The smallest absolute Gasteiger partial charge is 0.232 e. The molecular weight excluding hydrogens is 374 g/mol. The maximum atomic E-state index is 13.3.